The molecule has 42 heavy (non-hydrogen) atoms. The number of aliphatic hydroxyl groups excluding tert-OH is 7. The molecular formula is C32H56O10. The zero-order valence-corrected chi connectivity index (χ0v) is 25.9. The summed E-state index contributed by atoms with van der Waals surface area (Å²) in [4.78, 5) is 0. The predicted molar refractivity (Wildman–Crippen MR) is 153 cm³/mol. The molecule has 0 amide bonds. The molecule has 0 aromatic heterocycles. The van der Waals surface area contributed by atoms with Crippen LogP contribution >= 0.6 is 0 Å². The van der Waals surface area contributed by atoms with Crippen molar-refractivity contribution in [3.05, 3.63) is 0 Å². The summed E-state index contributed by atoms with van der Waals surface area (Å²) in [5, 5.41) is 87.6. The van der Waals surface area contributed by atoms with Crippen molar-refractivity contribution in [1.82, 2.24) is 0 Å². The van der Waals surface area contributed by atoms with E-state index in [1.165, 1.54) is 0 Å². The summed E-state index contributed by atoms with van der Waals surface area (Å²) >= 11 is 0. The molecule has 10 nitrogen and oxygen atoms in total. The number of rotatable bonds is 7. The molecule has 1 heterocycles. The SMILES string of the molecule is CC(C)[C@H](CC[C@@H](C)[C@H]1[C@@H](O)[C@@H](O)[C@@H]2[C@]1(C)CC[C@@H]1[C@@]3(C)CC[C@H](O)C[C@@H]3[C@@H](O)C[C@]12O)O[C@@H]1OC[C@@H](O)[C@H](O)[C@H]1O. The van der Waals surface area contributed by atoms with Gasteiger partial charge in [0.15, 0.2) is 6.29 Å². The molecule has 10 heteroatoms. The molecule has 5 rings (SSSR count). The molecule has 8 N–H and O–H groups in total. The van der Waals surface area contributed by atoms with E-state index in [9.17, 15) is 40.9 Å². The van der Waals surface area contributed by atoms with Gasteiger partial charge in [0.1, 0.15) is 18.3 Å². The number of ether oxygens (including phenoxy) is 2. The van der Waals surface area contributed by atoms with E-state index in [1.807, 2.05) is 13.8 Å². The van der Waals surface area contributed by atoms with Gasteiger partial charge >= 0.3 is 0 Å². The molecule has 244 valence electrons. The molecule has 5 fully saturated rings. The van der Waals surface area contributed by atoms with Gasteiger partial charge in [-0.3, -0.25) is 0 Å². The Labute approximate surface area is 250 Å². The van der Waals surface area contributed by atoms with E-state index >= 15 is 0 Å². The molecule has 0 spiro atoms. The summed E-state index contributed by atoms with van der Waals surface area (Å²) in [5.41, 5.74) is -2.21. The van der Waals surface area contributed by atoms with Gasteiger partial charge in [0.25, 0.3) is 0 Å². The van der Waals surface area contributed by atoms with Crippen LogP contribution in [0.3, 0.4) is 0 Å². The van der Waals surface area contributed by atoms with E-state index < -0.39 is 66.0 Å². The first-order valence-electron chi connectivity index (χ1n) is 16.3. The van der Waals surface area contributed by atoms with Crippen molar-refractivity contribution >= 4 is 0 Å². The van der Waals surface area contributed by atoms with Crippen LogP contribution in [0.25, 0.3) is 0 Å². The van der Waals surface area contributed by atoms with Crippen molar-refractivity contribution in [3.8, 4) is 0 Å². The molecule has 0 unspecified atom stereocenters. The lowest BCUT2D eigenvalue weighted by Gasteiger charge is -2.65. The maximum Gasteiger partial charge on any atom is 0.186 e. The second kappa shape index (κ2) is 11.8. The lowest BCUT2D eigenvalue weighted by atomic mass is 9.42. The summed E-state index contributed by atoms with van der Waals surface area (Å²) in [6.45, 7) is 10.2. The van der Waals surface area contributed by atoms with Gasteiger partial charge < -0.3 is 50.3 Å². The average Bonchev–Trinajstić information content (AvgIpc) is 3.12. The molecule has 17 atom stereocenters. The van der Waals surface area contributed by atoms with Crippen LogP contribution in [-0.4, -0.2) is 108 Å². The van der Waals surface area contributed by atoms with Crippen LogP contribution in [0.15, 0.2) is 0 Å². The molecular weight excluding hydrogens is 544 g/mol. The lowest BCUT2D eigenvalue weighted by Crippen LogP contribution is -2.68. The predicted octanol–water partition coefficient (Wildman–Crippen LogP) is 0.930. The topological polar surface area (TPSA) is 180 Å². The Morgan fingerprint density at radius 1 is 0.810 bits per heavy atom. The minimum Gasteiger partial charge on any atom is -0.393 e. The highest BCUT2D eigenvalue weighted by Crippen LogP contribution is 2.69. The lowest BCUT2D eigenvalue weighted by molar-refractivity contribution is -0.287. The van der Waals surface area contributed by atoms with Gasteiger partial charge in [-0.25, -0.2) is 0 Å². The molecule has 1 saturated heterocycles. The van der Waals surface area contributed by atoms with E-state index in [2.05, 4.69) is 20.8 Å². The monoisotopic (exact) mass is 600 g/mol. The van der Waals surface area contributed by atoms with Gasteiger partial charge in [-0.1, -0.05) is 34.6 Å². The maximum absolute atomic E-state index is 12.5. The Kier molecular flexibility index (Phi) is 9.23. The van der Waals surface area contributed by atoms with E-state index in [0.717, 1.165) is 19.3 Å². The number of aliphatic hydroxyl groups is 8. The van der Waals surface area contributed by atoms with Gasteiger partial charge in [-0.15, -0.1) is 0 Å². The van der Waals surface area contributed by atoms with Crippen molar-refractivity contribution < 1.29 is 50.3 Å². The van der Waals surface area contributed by atoms with Crippen molar-refractivity contribution in [1.29, 1.82) is 0 Å². The fraction of sp³-hybridized carbons (Fsp3) is 1.00. The first kappa shape index (κ1) is 33.0. The quantitative estimate of drug-likeness (QED) is 0.209. The molecule has 4 aliphatic carbocycles. The van der Waals surface area contributed by atoms with Crippen LogP contribution < -0.4 is 0 Å². The summed E-state index contributed by atoms with van der Waals surface area (Å²) < 4.78 is 11.6. The summed E-state index contributed by atoms with van der Waals surface area (Å²) in [7, 11) is 0. The third-order valence-electron chi connectivity index (χ3n) is 12.9. The average molecular weight is 601 g/mol. The van der Waals surface area contributed by atoms with Crippen LogP contribution in [-0.2, 0) is 9.47 Å². The molecule has 0 aromatic carbocycles. The highest BCUT2D eigenvalue weighted by molar-refractivity contribution is 5.21. The van der Waals surface area contributed by atoms with E-state index in [4.69, 9.17) is 9.47 Å². The van der Waals surface area contributed by atoms with Crippen LogP contribution in [0.2, 0.25) is 0 Å². The molecule has 0 aromatic rings. The Bertz CT molecular complexity index is 950. The van der Waals surface area contributed by atoms with Crippen LogP contribution in [0.4, 0.5) is 0 Å². The smallest absolute Gasteiger partial charge is 0.186 e. The first-order chi connectivity index (χ1) is 19.6. The molecule has 4 saturated carbocycles. The number of hydrogen-bond donors (Lipinski definition) is 8. The maximum atomic E-state index is 12.5. The Balaban J connectivity index is 1.32. The second-order valence-electron chi connectivity index (χ2n) is 15.6. The van der Waals surface area contributed by atoms with Gasteiger partial charge in [-0.05, 0) is 85.4 Å². The zero-order valence-electron chi connectivity index (χ0n) is 25.9. The van der Waals surface area contributed by atoms with E-state index in [1.54, 1.807) is 0 Å². The van der Waals surface area contributed by atoms with Gasteiger partial charge in [0, 0.05) is 12.3 Å². The Morgan fingerprint density at radius 2 is 1.48 bits per heavy atom. The molecule has 1 aliphatic heterocycles. The molecule has 0 bridgehead atoms. The molecule has 0 radical (unpaired) electrons. The second-order valence-corrected chi connectivity index (χ2v) is 15.6. The summed E-state index contributed by atoms with van der Waals surface area (Å²) in [5.74, 6) is -1.05. The number of hydrogen-bond acceptors (Lipinski definition) is 10. The largest absolute Gasteiger partial charge is 0.393 e. The minimum absolute atomic E-state index is 0.0269. The third kappa shape index (κ3) is 5.19. The standard InChI is InChI=1S/C32H56O10/c1-15(2)21(42-29-27(39)24(36)20(35)14-41-29)7-6-16(3)23-25(37)26(38)28-31(23,5)11-9-22-30(4)10-8-17(33)12-18(30)19(34)13-32(22,28)40/h15-29,33-40H,6-14H2,1-5H3/t16-,17+,18-,19+,20-,21+,22-,23+,24+,25-,26-,27-,28-,29+,30+,31-,32+/m1/s1. The van der Waals surface area contributed by atoms with Crippen molar-refractivity contribution in [2.75, 3.05) is 6.61 Å². The van der Waals surface area contributed by atoms with Crippen LogP contribution in [0, 0.1) is 46.3 Å². The van der Waals surface area contributed by atoms with Crippen LogP contribution in [0.5, 0.6) is 0 Å². The summed E-state index contributed by atoms with van der Waals surface area (Å²) in [6, 6.07) is 0. The fourth-order valence-electron chi connectivity index (χ4n) is 10.8. The first-order valence-corrected chi connectivity index (χ1v) is 16.3. The number of fused-ring (bicyclic) bond motifs is 5. The zero-order chi connectivity index (χ0) is 30.9. The summed E-state index contributed by atoms with van der Waals surface area (Å²) in [6.07, 6.45) is -3.84. The van der Waals surface area contributed by atoms with Crippen LogP contribution in [0.1, 0.15) is 86.0 Å². The van der Waals surface area contributed by atoms with Gasteiger partial charge in [0.05, 0.1) is 42.7 Å². The minimum atomic E-state index is -1.37. The highest BCUT2D eigenvalue weighted by Gasteiger charge is 2.72. The van der Waals surface area contributed by atoms with E-state index in [0.29, 0.717) is 25.7 Å². The fourth-order valence-corrected chi connectivity index (χ4v) is 10.8. The Morgan fingerprint density at radius 3 is 2.14 bits per heavy atom. The van der Waals surface area contributed by atoms with Crippen molar-refractivity contribution in [2.24, 2.45) is 46.3 Å². The third-order valence-corrected chi connectivity index (χ3v) is 12.9. The highest BCUT2D eigenvalue weighted by atomic mass is 16.7. The van der Waals surface area contributed by atoms with E-state index in [-0.39, 0.29) is 54.1 Å². The van der Waals surface area contributed by atoms with Gasteiger partial charge in [-0.2, -0.15) is 0 Å². The Hall–Kier alpha value is -0.400. The molecule has 5 aliphatic rings. The van der Waals surface area contributed by atoms with Gasteiger partial charge in [0.2, 0.25) is 0 Å². The normalized spacial score (nSPS) is 54.1. The van der Waals surface area contributed by atoms with Crippen molar-refractivity contribution in [3.63, 3.8) is 0 Å². The van der Waals surface area contributed by atoms with Crippen molar-refractivity contribution in [2.45, 2.75) is 147 Å².